The minimum Gasteiger partial charge on any atom is -0.357 e. The van der Waals surface area contributed by atoms with Crippen LogP contribution in [0.1, 0.15) is 18.9 Å². The highest BCUT2D eigenvalue weighted by Crippen LogP contribution is 2.17. The molecule has 1 heterocycles. The third kappa shape index (κ3) is 3.16. The van der Waals surface area contributed by atoms with E-state index in [0.29, 0.717) is 5.13 Å². The van der Waals surface area contributed by atoms with Crippen molar-refractivity contribution in [3.63, 3.8) is 0 Å². The van der Waals surface area contributed by atoms with Gasteiger partial charge in [-0.15, -0.1) is 10.2 Å². The van der Waals surface area contributed by atoms with Gasteiger partial charge in [0, 0.05) is 7.05 Å². The molecule has 0 radical (unpaired) electrons. The maximum Gasteiger partial charge on any atom is 0.242 e. The summed E-state index contributed by atoms with van der Waals surface area (Å²) in [5.74, 6) is 0.173. The average Bonchev–Trinajstić information content (AvgIpc) is 2.59. The standard InChI is InChI=1S/C9H16N4OS/c1-5(2)7(8(14)10-4)11-9-13-12-6(3)15-9/h5,7H,1-4H3,(H,10,14)(H,11,13). The van der Waals surface area contributed by atoms with E-state index < -0.39 is 0 Å². The van der Waals surface area contributed by atoms with Crippen molar-refractivity contribution in [3.8, 4) is 0 Å². The second-order valence-electron chi connectivity index (χ2n) is 3.61. The van der Waals surface area contributed by atoms with Crippen molar-refractivity contribution in [3.05, 3.63) is 5.01 Å². The van der Waals surface area contributed by atoms with E-state index in [1.165, 1.54) is 11.3 Å². The lowest BCUT2D eigenvalue weighted by Crippen LogP contribution is -2.41. The molecular weight excluding hydrogens is 212 g/mol. The molecule has 0 saturated heterocycles. The first kappa shape index (κ1) is 11.9. The highest BCUT2D eigenvalue weighted by atomic mass is 32.1. The number of anilines is 1. The van der Waals surface area contributed by atoms with Crippen LogP contribution in [0.3, 0.4) is 0 Å². The summed E-state index contributed by atoms with van der Waals surface area (Å²) in [6, 6.07) is -0.262. The Morgan fingerprint density at radius 2 is 2.07 bits per heavy atom. The second-order valence-corrected chi connectivity index (χ2v) is 4.79. The van der Waals surface area contributed by atoms with Gasteiger partial charge in [0.1, 0.15) is 11.0 Å². The molecule has 0 bridgehead atoms. The van der Waals surface area contributed by atoms with Crippen LogP contribution in [-0.4, -0.2) is 29.2 Å². The van der Waals surface area contributed by atoms with Gasteiger partial charge in [-0.25, -0.2) is 0 Å². The number of aryl methyl sites for hydroxylation is 1. The maximum atomic E-state index is 11.5. The van der Waals surface area contributed by atoms with E-state index in [1.807, 2.05) is 20.8 Å². The number of nitrogens with one attached hydrogen (secondary N) is 2. The van der Waals surface area contributed by atoms with E-state index in [1.54, 1.807) is 7.05 Å². The largest absolute Gasteiger partial charge is 0.357 e. The van der Waals surface area contributed by atoms with Gasteiger partial charge in [-0.2, -0.15) is 0 Å². The van der Waals surface area contributed by atoms with E-state index in [4.69, 9.17) is 0 Å². The predicted octanol–water partition coefficient (Wildman–Crippen LogP) is 1.03. The van der Waals surface area contributed by atoms with Gasteiger partial charge < -0.3 is 10.6 Å². The molecule has 0 spiro atoms. The SMILES string of the molecule is CNC(=O)C(Nc1nnc(C)s1)C(C)C. The summed E-state index contributed by atoms with van der Waals surface area (Å²) in [6.45, 7) is 5.86. The number of aromatic nitrogens is 2. The van der Waals surface area contributed by atoms with Gasteiger partial charge in [0.15, 0.2) is 0 Å². The first-order valence-electron chi connectivity index (χ1n) is 4.82. The molecule has 1 rings (SSSR count). The van der Waals surface area contributed by atoms with Crippen LogP contribution in [0.15, 0.2) is 0 Å². The highest BCUT2D eigenvalue weighted by Gasteiger charge is 2.21. The van der Waals surface area contributed by atoms with Gasteiger partial charge >= 0.3 is 0 Å². The van der Waals surface area contributed by atoms with E-state index in [0.717, 1.165) is 5.01 Å². The summed E-state index contributed by atoms with van der Waals surface area (Å²) in [6.07, 6.45) is 0. The molecule has 0 aliphatic rings. The minimum absolute atomic E-state index is 0.0298. The maximum absolute atomic E-state index is 11.5. The highest BCUT2D eigenvalue weighted by molar-refractivity contribution is 7.15. The number of rotatable bonds is 4. The van der Waals surface area contributed by atoms with Crippen LogP contribution in [0.4, 0.5) is 5.13 Å². The van der Waals surface area contributed by atoms with Crippen molar-refractivity contribution in [1.82, 2.24) is 15.5 Å². The average molecular weight is 228 g/mol. The van der Waals surface area contributed by atoms with Crippen molar-refractivity contribution in [2.75, 3.05) is 12.4 Å². The summed E-state index contributed by atoms with van der Waals surface area (Å²) in [5, 5.41) is 15.1. The quantitative estimate of drug-likeness (QED) is 0.807. The van der Waals surface area contributed by atoms with Crippen molar-refractivity contribution < 1.29 is 4.79 Å². The molecule has 1 amide bonds. The monoisotopic (exact) mass is 228 g/mol. The van der Waals surface area contributed by atoms with Gasteiger partial charge in [-0.3, -0.25) is 4.79 Å². The second kappa shape index (κ2) is 5.06. The van der Waals surface area contributed by atoms with Crippen molar-refractivity contribution in [2.24, 2.45) is 5.92 Å². The number of nitrogens with zero attached hydrogens (tertiary/aromatic N) is 2. The Morgan fingerprint density at radius 1 is 1.40 bits per heavy atom. The van der Waals surface area contributed by atoms with Gasteiger partial charge in [0.05, 0.1) is 0 Å². The molecule has 84 valence electrons. The van der Waals surface area contributed by atoms with E-state index >= 15 is 0 Å². The zero-order valence-corrected chi connectivity index (χ0v) is 10.2. The summed E-state index contributed by atoms with van der Waals surface area (Å²) in [5.41, 5.74) is 0. The Labute approximate surface area is 93.3 Å². The lowest BCUT2D eigenvalue weighted by Gasteiger charge is -2.19. The molecule has 2 N–H and O–H groups in total. The molecule has 1 atom stereocenters. The molecule has 0 aromatic carbocycles. The fraction of sp³-hybridized carbons (Fsp3) is 0.667. The fourth-order valence-corrected chi connectivity index (χ4v) is 1.81. The molecule has 1 unspecified atom stereocenters. The van der Waals surface area contributed by atoms with E-state index in [9.17, 15) is 4.79 Å². The molecule has 1 aromatic heterocycles. The molecule has 0 fully saturated rings. The Kier molecular flexibility index (Phi) is 4.02. The molecule has 5 nitrogen and oxygen atoms in total. The van der Waals surface area contributed by atoms with Crippen molar-refractivity contribution in [2.45, 2.75) is 26.8 Å². The molecule has 1 aromatic rings. The molecule has 15 heavy (non-hydrogen) atoms. The van der Waals surface area contributed by atoms with Crippen LogP contribution in [0.5, 0.6) is 0 Å². The number of likely N-dealkylation sites (N-methyl/N-ethyl adjacent to an activating group) is 1. The van der Waals surface area contributed by atoms with Gasteiger partial charge in [0.25, 0.3) is 0 Å². The van der Waals surface area contributed by atoms with Crippen LogP contribution in [0.2, 0.25) is 0 Å². The first-order valence-corrected chi connectivity index (χ1v) is 5.64. The minimum atomic E-state index is -0.262. The topological polar surface area (TPSA) is 66.9 Å². The van der Waals surface area contributed by atoms with Gasteiger partial charge in [-0.05, 0) is 12.8 Å². The molecule has 0 saturated carbocycles. The number of amides is 1. The van der Waals surface area contributed by atoms with Crippen molar-refractivity contribution in [1.29, 1.82) is 0 Å². The fourth-order valence-electron chi connectivity index (χ4n) is 1.18. The summed E-state index contributed by atoms with van der Waals surface area (Å²) in [7, 11) is 1.63. The van der Waals surface area contributed by atoms with Crippen molar-refractivity contribution >= 4 is 22.4 Å². The lowest BCUT2D eigenvalue weighted by molar-refractivity contribution is -0.122. The van der Waals surface area contributed by atoms with Crippen LogP contribution in [-0.2, 0) is 4.79 Å². The van der Waals surface area contributed by atoms with Crippen LogP contribution in [0, 0.1) is 12.8 Å². The smallest absolute Gasteiger partial charge is 0.242 e. The Bertz CT molecular complexity index is 337. The normalized spacial score (nSPS) is 12.6. The van der Waals surface area contributed by atoms with Gasteiger partial charge in [-0.1, -0.05) is 25.2 Å². The molecular formula is C9H16N4OS. The van der Waals surface area contributed by atoms with Gasteiger partial charge in [0.2, 0.25) is 11.0 Å². The zero-order chi connectivity index (χ0) is 11.4. The number of carbonyl (C=O) groups excluding carboxylic acids is 1. The van der Waals surface area contributed by atoms with Crippen LogP contribution >= 0.6 is 11.3 Å². The molecule has 0 aliphatic heterocycles. The zero-order valence-electron chi connectivity index (χ0n) is 9.37. The summed E-state index contributed by atoms with van der Waals surface area (Å²) < 4.78 is 0. The lowest BCUT2D eigenvalue weighted by atomic mass is 10.0. The molecule has 0 aliphatic carbocycles. The van der Waals surface area contributed by atoms with E-state index in [2.05, 4.69) is 20.8 Å². The summed E-state index contributed by atoms with van der Waals surface area (Å²) >= 11 is 1.45. The van der Waals surface area contributed by atoms with Crippen LogP contribution < -0.4 is 10.6 Å². The third-order valence-electron chi connectivity index (χ3n) is 2.00. The van der Waals surface area contributed by atoms with E-state index in [-0.39, 0.29) is 17.9 Å². The number of carbonyl (C=O) groups is 1. The third-order valence-corrected chi connectivity index (χ3v) is 2.77. The van der Waals surface area contributed by atoms with Crippen LogP contribution in [0.25, 0.3) is 0 Å². The Balaban J connectivity index is 2.71. The first-order chi connectivity index (χ1) is 7.04. The Hall–Kier alpha value is -1.17. The molecule has 6 heteroatoms. The summed E-state index contributed by atoms with van der Waals surface area (Å²) in [4.78, 5) is 11.5. The Morgan fingerprint density at radius 3 is 2.47 bits per heavy atom. The predicted molar refractivity (Wildman–Crippen MR) is 61.0 cm³/mol. The number of hydrogen-bond acceptors (Lipinski definition) is 5. The number of hydrogen-bond donors (Lipinski definition) is 2.